The van der Waals surface area contributed by atoms with Crippen LogP contribution in [-0.4, -0.2) is 46.0 Å². The molecule has 6 nitrogen and oxygen atoms in total. The molecule has 0 atom stereocenters. The minimum atomic E-state index is 0.708. The van der Waals surface area contributed by atoms with E-state index in [0.717, 1.165) is 59.3 Å². The smallest absolute Gasteiger partial charge is 0.181 e. The van der Waals surface area contributed by atoms with Gasteiger partial charge in [0.05, 0.1) is 25.9 Å². The lowest BCUT2D eigenvalue weighted by atomic mass is 9.96. The quantitative estimate of drug-likeness (QED) is 0.510. The van der Waals surface area contributed by atoms with Gasteiger partial charge < -0.3 is 4.74 Å². The minimum Gasteiger partial charge on any atom is -0.497 e. The van der Waals surface area contributed by atoms with Crippen molar-refractivity contribution in [3.05, 3.63) is 77.1 Å². The highest BCUT2D eigenvalue weighted by Gasteiger charge is 2.20. The van der Waals surface area contributed by atoms with Crippen molar-refractivity contribution < 1.29 is 4.74 Å². The maximum Gasteiger partial charge on any atom is 0.181 e. The molecule has 3 aromatic carbocycles. The highest BCUT2D eigenvalue weighted by Crippen LogP contribution is 2.29. The number of methoxy groups -OCH3 is 1. The van der Waals surface area contributed by atoms with Gasteiger partial charge in [-0.2, -0.15) is 5.10 Å². The Morgan fingerprint density at radius 2 is 1.75 bits per heavy atom. The van der Waals surface area contributed by atoms with Crippen molar-refractivity contribution in [2.45, 2.75) is 25.9 Å². The highest BCUT2D eigenvalue weighted by molar-refractivity contribution is 6.16. The van der Waals surface area contributed by atoms with E-state index < -0.39 is 0 Å². The zero-order chi connectivity index (χ0) is 21.5. The third kappa shape index (κ3) is 3.46. The average Bonchev–Trinajstić information content (AvgIpc) is 3.59. The number of aliphatic imine (C=N–C) groups is 1. The Labute approximate surface area is 187 Å². The topological polar surface area (TPSA) is 66.4 Å². The van der Waals surface area contributed by atoms with E-state index in [2.05, 4.69) is 63.6 Å². The third-order valence-electron chi connectivity index (χ3n) is 6.46. The van der Waals surface area contributed by atoms with Gasteiger partial charge >= 0.3 is 0 Å². The number of nitrogens with one attached hydrogen (secondary N) is 1. The molecule has 2 aliphatic rings. The Balaban J connectivity index is 1.30. The van der Waals surface area contributed by atoms with E-state index in [-0.39, 0.29) is 0 Å². The van der Waals surface area contributed by atoms with E-state index in [4.69, 9.17) is 14.7 Å². The number of H-pyrrole nitrogens is 1. The number of likely N-dealkylation sites (tertiary alicyclic amines) is 1. The predicted octanol–water partition coefficient (Wildman–Crippen LogP) is 4.58. The molecular weight excluding hydrogens is 398 g/mol. The van der Waals surface area contributed by atoms with Gasteiger partial charge in [-0.3, -0.25) is 15.0 Å². The summed E-state index contributed by atoms with van der Waals surface area (Å²) in [7, 11) is 1.70. The molecule has 1 aromatic heterocycles. The van der Waals surface area contributed by atoms with Crippen molar-refractivity contribution in [2.75, 3.05) is 20.2 Å². The molecule has 4 aromatic rings. The van der Waals surface area contributed by atoms with Crippen molar-refractivity contribution in [1.29, 1.82) is 0 Å². The molecule has 0 radical (unpaired) electrons. The number of aromatic amines is 1. The van der Waals surface area contributed by atoms with E-state index in [9.17, 15) is 0 Å². The molecular formula is C26H25N5O. The molecule has 2 aliphatic heterocycles. The normalized spacial score (nSPS) is 15.8. The molecule has 0 unspecified atom stereocenters. The van der Waals surface area contributed by atoms with Gasteiger partial charge in [0.2, 0.25) is 0 Å². The SMILES string of the molecule is COc1ccc2cc(C3=NCc4ccc(-c5n[nH]c(CN6CCCC6)n5)cc43)ccc2c1. The molecule has 6 heteroatoms. The van der Waals surface area contributed by atoms with E-state index in [1.165, 1.54) is 29.4 Å². The first-order chi connectivity index (χ1) is 15.8. The molecule has 160 valence electrons. The van der Waals surface area contributed by atoms with Crippen LogP contribution in [0.15, 0.2) is 59.6 Å². The second-order valence-corrected chi connectivity index (χ2v) is 8.55. The fraction of sp³-hybridized carbons (Fsp3) is 0.269. The lowest BCUT2D eigenvalue weighted by Gasteiger charge is -2.11. The number of benzene rings is 3. The number of ether oxygens (including phenoxy) is 1. The van der Waals surface area contributed by atoms with E-state index in [0.29, 0.717) is 6.54 Å². The summed E-state index contributed by atoms with van der Waals surface area (Å²) in [6.45, 7) is 3.84. The van der Waals surface area contributed by atoms with Gasteiger partial charge in [-0.25, -0.2) is 4.98 Å². The van der Waals surface area contributed by atoms with Crippen LogP contribution in [0.1, 0.15) is 35.4 Å². The van der Waals surface area contributed by atoms with Gasteiger partial charge in [0.15, 0.2) is 5.82 Å². The van der Waals surface area contributed by atoms with Crippen molar-refractivity contribution in [3.63, 3.8) is 0 Å². The second kappa shape index (κ2) is 7.88. The Morgan fingerprint density at radius 3 is 2.62 bits per heavy atom. The van der Waals surface area contributed by atoms with Crippen molar-refractivity contribution >= 4 is 16.5 Å². The summed E-state index contributed by atoms with van der Waals surface area (Å²) in [6, 6.07) is 19.1. The summed E-state index contributed by atoms with van der Waals surface area (Å²) in [5, 5.41) is 9.96. The van der Waals surface area contributed by atoms with Gasteiger partial charge in [0.1, 0.15) is 11.6 Å². The number of hydrogen-bond acceptors (Lipinski definition) is 5. The van der Waals surface area contributed by atoms with Crippen LogP contribution in [0.5, 0.6) is 5.75 Å². The molecule has 6 rings (SSSR count). The molecule has 3 heterocycles. The van der Waals surface area contributed by atoms with Gasteiger partial charge in [-0.15, -0.1) is 0 Å². The number of rotatable bonds is 5. The van der Waals surface area contributed by atoms with Gasteiger partial charge in [-0.05, 0) is 66.5 Å². The van der Waals surface area contributed by atoms with Crippen LogP contribution in [0, 0.1) is 0 Å². The van der Waals surface area contributed by atoms with Crippen LogP contribution in [0.3, 0.4) is 0 Å². The zero-order valence-corrected chi connectivity index (χ0v) is 18.1. The summed E-state index contributed by atoms with van der Waals surface area (Å²) in [5.41, 5.74) is 5.59. The maximum atomic E-state index is 5.35. The Morgan fingerprint density at radius 1 is 0.938 bits per heavy atom. The molecule has 1 saturated heterocycles. The van der Waals surface area contributed by atoms with Crippen molar-refractivity contribution in [2.24, 2.45) is 4.99 Å². The summed E-state index contributed by atoms with van der Waals surface area (Å²) in [5.74, 6) is 2.55. The molecule has 0 bridgehead atoms. The van der Waals surface area contributed by atoms with Gasteiger partial charge in [-0.1, -0.05) is 30.3 Å². The standard InChI is InChI=1S/C26H25N5O/c1-32-22-9-8-17-12-19(5-4-18(17)13-22)25-23-14-20(6-7-21(23)15-27-25)26-28-24(29-30-26)16-31-10-2-3-11-31/h4-9,12-14H,2-3,10-11,15-16H2,1H3,(H,28,29,30). The maximum absolute atomic E-state index is 5.35. The molecule has 32 heavy (non-hydrogen) atoms. The Kier molecular flexibility index (Phi) is 4.72. The fourth-order valence-corrected chi connectivity index (χ4v) is 4.72. The van der Waals surface area contributed by atoms with Crippen LogP contribution in [-0.2, 0) is 13.1 Å². The van der Waals surface area contributed by atoms with Gasteiger partial charge in [0.25, 0.3) is 0 Å². The molecule has 0 aliphatic carbocycles. The summed E-state index contributed by atoms with van der Waals surface area (Å²) in [4.78, 5) is 12.0. The third-order valence-corrected chi connectivity index (χ3v) is 6.46. The number of aromatic nitrogens is 3. The Bertz CT molecular complexity index is 1330. The van der Waals surface area contributed by atoms with Crippen LogP contribution >= 0.6 is 0 Å². The van der Waals surface area contributed by atoms with Crippen LogP contribution < -0.4 is 4.74 Å². The highest BCUT2D eigenvalue weighted by atomic mass is 16.5. The molecule has 1 fully saturated rings. The molecule has 0 saturated carbocycles. The second-order valence-electron chi connectivity index (χ2n) is 8.55. The monoisotopic (exact) mass is 423 g/mol. The first kappa shape index (κ1) is 19.2. The lowest BCUT2D eigenvalue weighted by Crippen LogP contribution is -2.19. The van der Waals surface area contributed by atoms with E-state index >= 15 is 0 Å². The van der Waals surface area contributed by atoms with Crippen molar-refractivity contribution in [3.8, 4) is 17.1 Å². The molecule has 0 amide bonds. The fourth-order valence-electron chi connectivity index (χ4n) is 4.72. The average molecular weight is 424 g/mol. The molecule has 0 spiro atoms. The largest absolute Gasteiger partial charge is 0.497 e. The van der Waals surface area contributed by atoms with E-state index in [1.807, 2.05) is 6.07 Å². The zero-order valence-electron chi connectivity index (χ0n) is 18.1. The molecule has 1 N–H and O–H groups in total. The summed E-state index contributed by atoms with van der Waals surface area (Å²) < 4.78 is 5.35. The first-order valence-electron chi connectivity index (χ1n) is 11.2. The van der Waals surface area contributed by atoms with Crippen LogP contribution in [0.2, 0.25) is 0 Å². The summed E-state index contributed by atoms with van der Waals surface area (Å²) in [6.07, 6.45) is 2.55. The first-order valence-corrected chi connectivity index (χ1v) is 11.2. The van der Waals surface area contributed by atoms with E-state index in [1.54, 1.807) is 7.11 Å². The van der Waals surface area contributed by atoms with Crippen LogP contribution in [0.4, 0.5) is 0 Å². The number of fused-ring (bicyclic) bond motifs is 2. The Hall–Kier alpha value is -3.51. The minimum absolute atomic E-state index is 0.708. The van der Waals surface area contributed by atoms with Crippen molar-refractivity contribution in [1.82, 2.24) is 20.1 Å². The summed E-state index contributed by atoms with van der Waals surface area (Å²) >= 11 is 0. The van der Waals surface area contributed by atoms with Crippen LogP contribution in [0.25, 0.3) is 22.2 Å². The number of nitrogens with zero attached hydrogens (tertiary/aromatic N) is 4. The van der Waals surface area contributed by atoms with Gasteiger partial charge in [0, 0.05) is 16.7 Å². The number of hydrogen-bond donors (Lipinski definition) is 1. The predicted molar refractivity (Wildman–Crippen MR) is 126 cm³/mol. The lowest BCUT2D eigenvalue weighted by molar-refractivity contribution is 0.323.